The number of rotatable bonds is 59. The summed E-state index contributed by atoms with van der Waals surface area (Å²) >= 11 is 0. The first kappa shape index (κ1) is 68.3. The van der Waals surface area contributed by atoms with E-state index in [0.717, 1.165) is 44.9 Å². The van der Waals surface area contributed by atoms with E-state index >= 15 is 0 Å². The number of amides is 1. The van der Waals surface area contributed by atoms with E-state index < -0.39 is 12.1 Å². The van der Waals surface area contributed by atoms with E-state index in [9.17, 15) is 19.8 Å². The van der Waals surface area contributed by atoms with E-state index in [1.165, 1.54) is 270 Å². The third-order valence-corrected chi connectivity index (χ3v) is 14.7. The Bertz CT molecular complexity index is 1090. The molecule has 0 bridgehead atoms. The van der Waals surface area contributed by atoms with Gasteiger partial charge in [-0.3, -0.25) is 9.59 Å². The van der Waals surface area contributed by atoms with E-state index in [1.807, 2.05) is 0 Å². The Morgan fingerprint density at radius 2 is 0.671 bits per heavy atom. The standard InChI is InChI=1S/C64H123NO5/c1-3-5-7-9-11-13-15-17-19-25-29-32-36-40-44-48-52-56-62(67)61(60-66)65-63(68)57-53-49-45-41-37-33-30-26-23-21-20-22-24-27-31-35-39-43-47-51-55-59-70-64(69)58-54-50-46-42-38-34-28-18-16-14-12-10-8-6-4-2/h18,21,23,28,61-62,66-67H,3-17,19-20,22,24-27,29-60H2,1-2H3,(H,65,68)/b23-21-,28-18-. The maximum absolute atomic E-state index is 12.5. The van der Waals surface area contributed by atoms with Crippen LogP contribution < -0.4 is 5.32 Å². The number of carbonyl (C=O) groups is 2. The number of aliphatic hydroxyl groups is 2. The number of aliphatic hydroxyl groups excluding tert-OH is 2. The lowest BCUT2D eigenvalue weighted by Crippen LogP contribution is -2.45. The summed E-state index contributed by atoms with van der Waals surface area (Å²) in [6, 6.07) is -0.547. The van der Waals surface area contributed by atoms with Crippen LogP contribution in [0.4, 0.5) is 0 Å². The highest BCUT2D eigenvalue weighted by molar-refractivity contribution is 5.76. The first-order chi connectivity index (χ1) is 34.5. The number of nitrogens with one attached hydrogen (secondary N) is 1. The second-order valence-corrected chi connectivity index (χ2v) is 21.7. The van der Waals surface area contributed by atoms with Crippen LogP contribution >= 0.6 is 0 Å². The SMILES string of the molecule is CCCCCCCC/C=C\CCCCCCCC(=O)OCCCCCCCCCCCC/C=C\CCCCCCCCCC(=O)NC(CO)C(O)CCCCCCCCCCCCCCCCCCC. The van der Waals surface area contributed by atoms with Gasteiger partial charge in [0.2, 0.25) is 5.91 Å². The van der Waals surface area contributed by atoms with Gasteiger partial charge in [-0.2, -0.15) is 0 Å². The highest BCUT2D eigenvalue weighted by Crippen LogP contribution is 2.18. The Hall–Kier alpha value is -1.66. The molecule has 0 heterocycles. The molecule has 0 rings (SSSR count). The predicted octanol–water partition coefficient (Wildman–Crippen LogP) is 19.8. The van der Waals surface area contributed by atoms with Gasteiger partial charge < -0.3 is 20.3 Å². The molecule has 1 amide bonds. The van der Waals surface area contributed by atoms with Crippen LogP contribution in [0.2, 0.25) is 0 Å². The van der Waals surface area contributed by atoms with E-state index in [4.69, 9.17) is 4.74 Å². The van der Waals surface area contributed by atoms with Gasteiger partial charge in [0.15, 0.2) is 0 Å². The van der Waals surface area contributed by atoms with Gasteiger partial charge in [0.25, 0.3) is 0 Å². The molecule has 0 aromatic heterocycles. The lowest BCUT2D eigenvalue weighted by atomic mass is 10.0. The zero-order chi connectivity index (χ0) is 50.7. The van der Waals surface area contributed by atoms with Gasteiger partial charge in [0.05, 0.1) is 25.4 Å². The molecule has 70 heavy (non-hydrogen) atoms. The molecule has 0 radical (unpaired) electrons. The Kier molecular flexibility index (Phi) is 58.5. The monoisotopic (exact) mass is 986 g/mol. The van der Waals surface area contributed by atoms with Crippen molar-refractivity contribution in [2.45, 2.75) is 360 Å². The van der Waals surface area contributed by atoms with Crippen LogP contribution in [0.15, 0.2) is 24.3 Å². The van der Waals surface area contributed by atoms with Gasteiger partial charge in [-0.1, -0.05) is 282 Å². The minimum absolute atomic E-state index is 0.000805. The molecule has 2 atom stereocenters. The zero-order valence-electron chi connectivity index (χ0n) is 47.3. The molecule has 3 N–H and O–H groups in total. The summed E-state index contributed by atoms with van der Waals surface area (Å²) in [7, 11) is 0. The minimum Gasteiger partial charge on any atom is -0.466 e. The topological polar surface area (TPSA) is 95.9 Å². The van der Waals surface area contributed by atoms with Gasteiger partial charge in [-0.15, -0.1) is 0 Å². The normalized spacial score (nSPS) is 12.7. The van der Waals surface area contributed by atoms with Crippen molar-refractivity contribution in [3.05, 3.63) is 24.3 Å². The highest BCUT2D eigenvalue weighted by atomic mass is 16.5. The molecule has 6 heteroatoms. The van der Waals surface area contributed by atoms with Gasteiger partial charge in [-0.05, 0) is 77.0 Å². The Morgan fingerprint density at radius 1 is 0.386 bits per heavy atom. The minimum atomic E-state index is -0.669. The zero-order valence-corrected chi connectivity index (χ0v) is 47.3. The fourth-order valence-electron chi connectivity index (χ4n) is 9.87. The Labute approximate surface area is 437 Å². The largest absolute Gasteiger partial charge is 0.466 e. The van der Waals surface area contributed by atoms with Gasteiger partial charge in [0, 0.05) is 12.8 Å². The van der Waals surface area contributed by atoms with Crippen molar-refractivity contribution >= 4 is 11.9 Å². The number of unbranched alkanes of at least 4 members (excludes halogenated alkanes) is 44. The van der Waals surface area contributed by atoms with Crippen molar-refractivity contribution in [1.82, 2.24) is 5.32 Å². The molecule has 0 aliphatic heterocycles. The van der Waals surface area contributed by atoms with Gasteiger partial charge in [0.1, 0.15) is 0 Å². The Balaban J connectivity index is 3.42. The molecule has 2 unspecified atom stereocenters. The number of esters is 1. The average molecular weight is 987 g/mol. The summed E-state index contributed by atoms with van der Waals surface area (Å²) in [4.78, 5) is 24.6. The Morgan fingerprint density at radius 3 is 1.01 bits per heavy atom. The van der Waals surface area contributed by atoms with Crippen LogP contribution in [0.1, 0.15) is 348 Å². The maximum atomic E-state index is 12.5. The fraction of sp³-hybridized carbons (Fsp3) is 0.906. The van der Waals surface area contributed by atoms with Gasteiger partial charge >= 0.3 is 5.97 Å². The third kappa shape index (κ3) is 55.7. The summed E-state index contributed by atoms with van der Waals surface area (Å²) in [5.41, 5.74) is 0. The van der Waals surface area contributed by atoms with Crippen molar-refractivity contribution in [2.75, 3.05) is 13.2 Å². The molecular formula is C64H123NO5. The molecule has 6 nitrogen and oxygen atoms in total. The number of ether oxygens (including phenoxy) is 1. The fourth-order valence-corrected chi connectivity index (χ4v) is 9.87. The quantitative estimate of drug-likeness (QED) is 0.0321. The molecule has 0 spiro atoms. The lowest BCUT2D eigenvalue weighted by Gasteiger charge is -2.22. The first-order valence-electron chi connectivity index (χ1n) is 31.6. The van der Waals surface area contributed by atoms with Crippen molar-refractivity contribution in [3.63, 3.8) is 0 Å². The lowest BCUT2D eigenvalue weighted by molar-refractivity contribution is -0.143. The molecular weight excluding hydrogens is 863 g/mol. The second kappa shape index (κ2) is 59.9. The van der Waals surface area contributed by atoms with Crippen LogP contribution in [0.5, 0.6) is 0 Å². The van der Waals surface area contributed by atoms with Crippen LogP contribution in [0, 0.1) is 0 Å². The third-order valence-electron chi connectivity index (χ3n) is 14.7. The van der Waals surface area contributed by atoms with Crippen molar-refractivity contribution < 1.29 is 24.5 Å². The summed E-state index contributed by atoms with van der Waals surface area (Å²) in [6.45, 7) is 4.96. The summed E-state index contributed by atoms with van der Waals surface area (Å²) in [5, 5.41) is 23.3. The average Bonchev–Trinajstić information content (AvgIpc) is 3.36. The van der Waals surface area contributed by atoms with E-state index in [-0.39, 0.29) is 18.5 Å². The van der Waals surface area contributed by atoms with Gasteiger partial charge in [-0.25, -0.2) is 0 Å². The molecule has 0 aliphatic rings. The number of allylic oxidation sites excluding steroid dienone is 4. The first-order valence-corrected chi connectivity index (χ1v) is 31.6. The molecule has 0 saturated heterocycles. The van der Waals surface area contributed by atoms with Crippen LogP contribution in [-0.4, -0.2) is 47.4 Å². The second-order valence-electron chi connectivity index (χ2n) is 21.7. The van der Waals surface area contributed by atoms with Crippen LogP contribution in [-0.2, 0) is 14.3 Å². The van der Waals surface area contributed by atoms with Crippen molar-refractivity contribution in [2.24, 2.45) is 0 Å². The molecule has 0 fully saturated rings. The molecule has 414 valence electrons. The van der Waals surface area contributed by atoms with Crippen molar-refractivity contribution in [1.29, 1.82) is 0 Å². The maximum Gasteiger partial charge on any atom is 0.305 e. The molecule has 0 aliphatic carbocycles. The van der Waals surface area contributed by atoms with Crippen LogP contribution in [0.3, 0.4) is 0 Å². The van der Waals surface area contributed by atoms with E-state index in [2.05, 4.69) is 43.5 Å². The predicted molar refractivity (Wildman–Crippen MR) is 306 cm³/mol. The van der Waals surface area contributed by atoms with Crippen LogP contribution in [0.25, 0.3) is 0 Å². The summed E-state index contributed by atoms with van der Waals surface area (Å²) in [5.74, 6) is -0.0395. The smallest absolute Gasteiger partial charge is 0.305 e. The number of carbonyl (C=O) groups excluding carboxylic acids is 2. The molecule has 0 aromatic rings. The summed E-state index contributed by atoms with van der Waals surface area (Å²) in [6.07, 6.45) is 73.3. The molecule has 0 saturated carbocycles. The number of hydrogen-bond donors (Lipinski definition) is 3. The van der Waals surface area contributed by atoms with E-state index in [0.29, 0.717) is 25.9 Å². The summed E-state index contributed by atoms with van der Waals surface area (Å²) < 4.78 is 5.48. The van der Waals surface area contributed by atoms with Crippen molar-refractivity contribution in [3.8, 4) is 0 Å². The van der Waals surface area contributed by atoms with E-state index in [1.54, 1.807) is 0 Å². The number of hydrogen-bond acceptors (Lipinski definition) is 5. The highest BCUT2D eigenvalue weighted by Gasteiger charge is 2.20. The molecule has 0 aromatic carbocycles.